The number of rotatable bonds is 6. The van der Waals surface area contributed by atoms with Gasteiger partial charge in [0.25, 0.3) is 5.91 Å². The van der Waals surface area contributed by atoms with Gasteiger partial charge < -0.3 is 20.1 Å². The zero-order valence-electron chi connectivity index (χ0n) is 19.7. The fraction of sp³-hybridized carbons (Fsp3) is 0.583. The van der Waals surface area contributed by atoms with Crippen molar-refractivity contribution in [2.75, 3.05) is 19.8 Å². The first-order chi connectivity index (χ1) is 16.3. The standard InChI is InChI=1S/C24H31N5O5/c1-15(2)13-27-21-16(4-7-18(30)28-10-11-34-14-24(28)8-3-9-24)12-25-29(21)23(33)19(22(27)32)20(31)26-17-5-6-17/h4,7,12,15,17H,3,5-6,8-11,13-14H2,1-2H3,(H2,26,31,32,33)/p+1/b7-4+. The summed E-state index contributed by atoms with van der Waals surface area (Å²) in [7, 11) is 0. The number of morpholine rings is 1. The molecule has 5 rings (SSSR count). The number of ether oxygens (including phenoxy) is 1. The second kappa shape index (κ2) is 8.57. The van der Waals surface area contributed by atoms with Crippen molar-refractivity contribution in [2.45, 2.75) is 64.1 Å². The van der Waals surface area contributed by atoms with Gasteiger partial charge in [0, 0.05) is 18.7 Å². The molecule has 10 nitrogen and oxygen atoms in total. The summed E-state index contributed by atoms with van der Waals surface area (Å²) in [4.78, 5) is 40.9. The predicted molar refractivity (Wildman–Crippen MR) is 123 cm³/mol. The summed E-state index contributed by atoms with van der Waals surface area (Å²) < 4.78 is 8.45. The Balaban J connectivity index is 1.52. The molecule has 2 amide bonds. The fourth-order valence-electron chi connectivity index (χ4n) is 4.93. The van der Waals surface area contributed by atoms with E-state index < -0.39 is 11.5 Å². The van der Waals surface area contributed by atoms with Crippen molar-refractivity contribution in [1.82, 2.24) is 19.8 Å². The van der Waals surface area contributed by atoms with E-state index in [0.717, 1.165) is 32.1 Å². The average Bonchev–Trinajstić information content (AvgIpc) is 3.49. The number of H-pyrrole nitrogens is 1. The van der Waals surface area contributed by atoms with Crippen molar-refractivity contribution in [3.05, 3.63) is 33.8 Å². The van der Waals surface area contributed by atoms with Gasteiger partial charge in [-0.3, -0.25) is 9.59 Å². The molecule has 2 aromatic rings. The van der Waals surface area contributed by atoms with Crippen LogP contribution in [-0.4, -0.2) is 62.8 Å². The summed E-state index contributed by atoms with van der Waals surface area (Å²) in [6.45, 7) is 6.02. The van der Waals surface area contributed by atoms with E-state index in [2.05, 4.69) is 10.4 Å². The third kappa shape index (κ3) is 3.89. The lowest BCUT2D eigenvalue weighted by atomic mass is 9.75. The molecule has 1 spiro atoms. The fourth-order valence-corrected chi connectivity index (χ4v) is 4.93. The molecule has 182 valence electrons. The lowest BCUT2D eigenvalue weighted by Crippen LogP contribution is -2.62. The van der Waals surface area contributed by atoms with Crippen molar-refractivity contribution in [2.24, 2.45) is 5.92 Å². The molecule has 0 radical (unpaired) electrons. The van der Waals surface area contributed by atoms with Gasteiger partial charge in [-0.2, -0.15) is 4.57 Å². The summed E-state index contributed by atoms with van der Waals surface area (Å²) in [5, 5.41) is 16.7. The van der Waals surface area contributed by atoms with Gasteiger partial charge in [0.1, 0.15) is 0 Å². The SMILES string of the molecule is CC(C)C[n+]1c(O)c(C(=O)NC2CC2)c(=O)n2[nH]cc(/C=C/C(=O)N3CCOCC34CCC4)c21. The van der Waals surface area contributed by atoms with Gasteiger partial charge in [0.15, 0.2) is 0 Å². The third-order valence-electron chi connectivity index (χ3n) is 7.02. The average molecular weight is 471 g/mol. The van der Waals surface area contributed by atoms with Crippen LogP contribution in [0.3, 0.4) is 0 Å². The molecule has 0 aromatic carbocycles. The van der Waals surface area contributed by atoms with Crippen molar-refractivity contribution in [1.29, 1.82) is 0 Å². The Hall–Kier alpha value is -3.14. The molecular formula is C24H32N5O5+. The highest BCUT2D eigenvalue weighted by molar-refractivity contribution is 5.96. The number of hydrogen-bond donors (Lipinski definition) is 3. The van der Waals surface area contributed by atoms with Crippen molar-refractivity contribution in [3.63, 3.8) is 0 Å². The normalized spacial score (nSPS) is 19.8. The van der Waals surface area contributed by atoms with Gasteiger partial charge in [0.2, 0.25) is 11.5 Å². The molecular weight excluding hydrogens is 438 g/mol. The first-order valence-corrected chi connectivity index (χ1v) is 12.1. The van der Waals surface area contributed by atoms with Crippen LogP contribution in [0.4, 0.5) is 0 Å². The smallest absolute Gasteiger partial charge is 0.378 e. The number of aromatic hydroxyl groups is 1. The number of carbonyl (C=O) groups is 2. The number of carbonyl (C=O) groups excluding carboxylic acids is 2. The number of nitrogens with one attached hydrogen (secondary N) is 2. The number of fused-ring (bicyclic) bond motifs is 1. The topological polar surface area (TPSA) is 120 Å². The van der Waals surface area contributed by atoms with Crippen LogP contribution in [0.2, 0.25) is 0 Å². The van der Waals surface area contributed by atoms with E-state index in [9.17, 15) is 19.5 Å². The molecule has 10 heteroatoms. The lowest BCUT2D eigenvalue weighted by Gasteiger charge is -2.52. The molecule has 34 heavy (non-hydrogen) atoms. The molecule has 0 bridgehead atoms. The van der Waals surface area contributed by atoms with E-state index in [1.807, 2.05) is 18.7 Å². The van der Waals surface area contributed by atoms with Crippen molar-refractivity contribution in [3.8, 4) is 5.88 Å². The van der Waals surface area contributed by atoms with Crippen LogP contribution >= 0.6 is 0 Å². The number of nitrogens with zero attached hydrogens (tertiary/aromatic N) is 3. The molecule has 2 aromatic heterocycles. The maximum atomic E-state index is 13.1. The highest BCUT2D eigenvalue weighted by Crippen LogP contribution is 2.39. The molecule has 1 aliphatic heterocycles. The Morgan fingerprint density at radius 1 is 1.38 bits per heavy atom. The molecule has 3 heterocycles. The Morgan fingerprint density at radius 3 is 2.79 bits per heavy atom. The first kappa shape index (κ1) is 22.6. The maximum absolute atomic E-state index is 13.1. The van der Waals surface area contributed by atoms with Gasteiger partial charge in [-0.25, -0.2) is 9.89 Å². The van der Waals surface area contributed by atoms with E-state index in [-0.39, 0.29) is 34.8 Å². The summed E-state index contributed by atoms with van der Waals surface area (Å²) in [6.07, 6.45) is 9.52. The minimum atomic E-state index is -0.627. The molecule has 3 N–H and O–H groups in total. The monoisotopic (exact) mass is 470 g/mol. The summed E-state index contributed by atoms with van der Waals surface area (Å²) >= 11 is 0. The number of hydrogen-bond acceptors (Lipinski definition) is 5. The summed E-state index contributed by atoms with van der Waals surface area (Å²) in [6, 6.07) is 0.0536. The van der Waals surface area contributed by atoms with Crippen LogP contribution in [0.25, 0.3) is 11.7 Å². The van der Waals surface area contributed by atoms with Gasteiger partial charge in [0.05, 0.1) is 37.1 Å². The number of amides is 2. The second-order valence-corrected chi connectivity index (χ2v) is 10.1. The van der Waals surface area contributed by atoms with E-state index in [1.165, 1.54) is 10.6 Å². The maximum Gasteiger partial charge on any atom is 0.378 e. The van der Waals surface area contributed by atoms with Crippen LogP contribution < -0.4 is 15.4 Å². The minimum absolute atomic E-state index is 0.0536. The Kier molecular flexibility index (Phi) is 5.71. The van der Waals surface area contributed by atoms with E-state index in [1.54, 1.807) is 16.8 Å². The largest absolute Gasteiger partial charge is 0.477 e. The van der Waals surface area contributed by atoms with E-state index >= 15 is 0 Å². The Bertz CT molecular complexity index is 1220. The molecule has 2 aliphatic carbocycles. The molecule has 3 fully saturated rings. The van der Waals surface area contributed by atoms with Gasteiger partial charge >= 0.3 is 17.1 Å². The zero-order chi connectivity index (χ0) is 24.0. The van der Waals surface area contributed by atoms with Crippen LogP contribution in [0.15, 0.2) is 17.1 Å². The van der Waals surface area contributed by atoms with E-state index in [0.29, 0.717) is 37.5 Å². The summed E-state index contributed by atoms with van der Waals surface area (Å²) in [5.41, 5.74) is -0.122. The Labute approximate surface area is 197 Å². The highest BCUT2D eigenvalue weighted by Gasteiger charge is 2.46. The number of aromatic nitrogens is 3. The van der Waals surface area contributed by atoms with Crippen LogP contribution in [0.1, 0.15) is 61.9 Å². The minimum Gasteiger partial charge on any atom is -0.477 e. The highest BCUT2D eigenvalue weighted by atomic mass is 16.5. The van der Waals surface area contributed by atoms with Crippen LogP contribution in [0, 0.1) is 5.92 Å². The van der Waals surface area contributed by atoms with E-state index in [4.69, 9.17) is 4.74 Å². The van der Waals surface area contributed by atoms with Crippen LogP contribution in [-0.2, 0) is 16.1 Å². The second-order valence-electron chi connectivity index (χ2n) is 10.1. The van der Waals surface area contributed by atoms with Crippen LogP contribution in [0.5, 0.6) is 5.88 Å². The predicted octanol–water partition coefficient (Wildman–Crippen LogP) is 0.964. The van der Waals surface area contributed by atoms with Gasteiger partial charge in [-0.05, 0) is 44.1 Å². The molecule has 0 atom stereocenters. The third-order valence-corrected chi connectivity index (χ3v) is 7.02. The quantitative estimate of drug-likeness (QED) is 0.429. The van der Waals surface area contributed by atoms with Gasteiger partial charge in [-0.15, -0.1) is 0 Å². The van der Waals surface area contributed by atoms with Crippen molar-refractivity contribution < 1.29 is 24.0 Å². The molecule has 3 aliphatic rings. The summed E-state index contributed by atoms with van der Waals surface area (Å²) in [5.74, 6) is -0.891. The van der Waals surface area contributed by atoms with Gasteiger partial charge in [-0.1, -0.05) is 18.4 Å². The number of aromatic amines is 1. The Morgan fingerprint density at radius 2 is 2.15 bits per heavy atom. The molecule has 0 unspecified atom stereocenters. The first-order valence-electron chi connectivity index (χ1n) is 12.1. The molecule has 1 saturated heterocycles. The molecule has 2 saturated carbocycles. The van der Waals surface area contributed by atoms with Crippen molar-refractivity contribution >= 4 is 23.5 Å². The zero-order valence-corrected chi connectivity index (χ0v) is 19.7. The lowest BCUT2D eigenvalue weighted by molar-refractivity contribution is -0.686.